The molecule has 1 aromatic heterocycles. The second-order valence-corrected chi connectivity index (χ2v) is 9.16. The number of ether oxygens (including phenoxy) is 2. The maximum atomic E-state index is 12.7. The average molecular weight is 498 g/mol. The molecule has 1 amide bonds. The largest absolute Gasteiger partial charge is 0.504 e. The van der Waals surface area contributed by atoms with E-state index < -0.39 is 0 Å². The van der Waals surface area contributed by atoms with Crippen molar-refractivity contribution in [2.24, 2.45) is 0 Å². The molecule has 3 aromatic carbocycles. The van der Waals surface area contributed by atoms with Crippen molar-refractivity contribution >= 4 is 28.6 Å². The van der Waals surface area contributed by atoms with Gasteiger partial charge in [-0.15, -0.1) is 0 Å². The number of anilines is 1. The summed E-state index contributed by atoms with van der Waals surface area (Å²) in [5, 5.41) is 17.4. The molecule has 4 aromatic rings. The summed E-state index contributed by atoms with van der Waals surface area (Å²) in [7, 11) is 1.49. The molecule has 7 heteroatoms. The van der Waals surface area contributed by atoms with Crippen LogP contribution < -0.4 is 20.1 Å². The van der Waals surface area contributed by atoms with E-state index in [-0.39, 0.29) is 17.8 Å². The predicted molar refractivity (Wildman–Crippen MR) is 146 cm³/mol. The summed E-state index contributed by atoms with van der Waals surface area (Å²) in [6.07, 6.45) is 7.43. The number of nitrogens with zero attached hydrogens (tertiary/aromatic N) is 1. The summed E-state index contributed by atoms with van der Waals surface area (Å²) in [5.74, 6) is 1.05. The van der Waals surface area contributed by atoms with Crippen LogP contribution in [0.4, 0.5) is 5.69 Å². The second-order valence-electron chi connectivity index (χ2n) is 9.16. The van der Waals surface area contributed by atoms with Gasteiger partial charge in [-0.3, -0.25) is 4.79 Å². The third-order valence-electron chi connectivity index (χ3n) is 6.52. The number of hydrogen-bond acceptors (Lipinski definition) is 5. The number of nitrogens with one attached hydrogen (secondary N) is 2. The summed E-state index contributed by atoms with van der Waals surface area (Å²) in [6.45, 7) is 2.64. The number of benzene rings is 3. The highest BCUT2D eigenvalue weighted by molar-refractivity contribution is 6.06. The fourth-order valence-electron chi connectivity index (χ4n) is 4.67. The SMILES string of the molecule is COc1ccc(/C=C/C(=O)Nc2cccc3ccn(Cc4cccc(OC5CCNCC5)c4)c23)cc1O. The van der Waals surface area contributed by atoms with E-state index in [9.17, 15) is 9.90 Å². The van der Waals surface area contributed by atoms with Crippen LogP contribution in [0, 0.1) is 0 Å². The van der Waals surface area contributed by atoms with E-state index in [4.69, 9.17) is 9.47 Å². The summed E-state index contributed by atoms with van der Waals surface area (Å²) in [6, 6.07) is 21.1. The Balaban J connectivity index is 1.31. The van der Waals surface area contributed by atoms with Crippen LogP contribution in [-0.4, -0.2) is 41.9 Å². The Kier molecular flexibility index (Phi) is 7.42. The molecule has 0 aliphatic carbocycles. The Labute approximate surface area is 216 Å². The summed E-state index contributed by atoms with van der Waals surface area (Å²) in [4.78, 5) is 12.7. The summed E-state index contributed by atoms with van der Waals surface area (Å²) >= 11 is 0. The number of hydrogen-bond donors (Lipinski definition) is 3. The topological polar surface area (TPSA) is 84.8 Å². The van der Waals surface area contributed by atoms with Gasteiger partial charge in [-0.25, -0.2) is 0 Å². The minimum absolute atomic E-state index is 0.0258. The van der Waals surface area contributed by atoms with Crippen molar-refractivity contribution < 1.29 is 19.4 Å². The highest BCUT2D eigenvalue weighted by Crippen LogP contribution is 2.28. The Morgan fingerprint density at radius 3 is 2.76 bits per heavy atom. The molecule has 37 heavy (non-hydrogen) atoms. The molecule has 0 spiro atoms. The molecular formula is C30H31N3O4. The van der Waals surface area contributed by atoms with Gasteiger partial charge in [0.1, 0.15) is 11.9 Å². The molecule has 5 rings (SSSR count). The third-order valence-corrected chi connectivity index (χ3v) is 6.52. The number of methoxy groups -OCH3 is 1. The van der Waals surface area contributed by atoms with Crippen molar-refractivity contribution in [1.29, 1.82) is 0 Å². The quantitative estimate of drug-likeness (QED) is 0.292. The number of rotatable bonds is 8. The van der Waals surface area contributed by atoms with Crippen LogP contribution in [0.25, 0.3) is 17.0 Å². The van der Waals surface area contributed by atoms with E-state index in [1.807, 2.05) is 36.5 Å². The number of carbonyl (C=O) groups excluding carboxylic acids is 1. The first-order valence-corrected chi connectivity index (χ1v) is 12.5. The summed E-state index contributed by atoms with van der Waals surface area (Å²) in [5.41, 5.74) is 3.51. The van der Waals surface area contributed by atoms with Gasteiger partial charge >= 0.3 is 0 Å². The fraction of sp³-hybridized carbons (Fsp3) is 0.233. The molecular weight excluding hydrogens is 466 g/mol. The molecule has 0 saturated carbocycles. The molecule has 2 heterocycles. The molecule has 0 unspecified atom stereocenters. The van der Waals surface area contributed by atoms with Gasteiger partial charge in [0.05, 0.1) is 18.3 Å². The second kappa shape index (κ2) is 11.2. The number of fused-ring (bicyclic) bond motifs is 1. The molecule has 0 bridgehead atoms. The van der Waals surface area contributed by atoms with Gasteiger partial charge in [0.25, 0.3) is 0 Å². The lowest BCUT2D eigenvalue weighted by Crippen LogP contribution is -2.34. The maximum Gasteiger partial charge on any atom is 0.248 e. The van der Waals surface area contributed by atoms with Crippen LogP contribution in [0.5, 0.6) is 17.2 Å². The van der Waals surface area contributed by atoms with Gasteiger partial charge in [-0.2, -0.15) is 0 Å². The molecule has 1 saturated heterocycles. The maximum absolute atomic E-state index is 12.7. The van der Waals surface area contributed by atoms with E-state index in [0.717, 1.165) is 53.8 Å². The van der Waals surface area contributed by atoms with Crippen molar-refractivity contribution in [2.45, 2.75) is 25.5 Å². The van der Waals surface area contributed by atoms with E-state index >= 15 is 0 Å². The third kappa shape index (κ3) is 5.95. The zero-order valence-corrected chi connectivity index (χ0v) is 20.8. The Hall–Kier alpha value is -4.23. The number of aromatic nitrogens is 1. The molecule has 1 aliphatic heterocycles. The van der Waals surface area contributed by atoms with Crippen molar-refractivity contribution in [2.75, 3.05) is 25.5 Å². The van der Waals surface area contributed by atoms with Crippen LogP contribution in [-0.2, 0) is 11.3 Å². The first-order valence-electron chi connectivity index (χ1n) is 12.5. The van der Waals surface area contributed by atoms with Gasteiger partial charge in [0.2, 0.25) is 5.91 Å². The molecule has 0 radical (unpaired) electrons. The van der Waals surface area contributed by atoms with E-state index in [0.29, 0.717) is 17.9 Å². The first kappa shape index (κ1) is 24.5. The van der Waals surface area contributed by atoms with Gasteiger partial charge in [0, 0.05) is 24.2 Å². The van der Waals surface area contributed by atoms with Crippen LogP contribution in [0.3, 0.4) is 0 Å². The predicted octanol–water partition coefficient (Wildman–Crippen LogP) is 5.19. The first-order chi connectivity index (χ1) is 18.1. The number of carbonyl (C=O) groups is 1. The lowest BCUT2D eigenvalue weighted by Gasteiger charge is -2.24. The Morgan fingerprint density at radius 2 is 1.95 bits per heavy atom. The van der Waals surface area contributed by atoms with E-state index in [1.165, 1.54) is 13.2 Å². The van der Waals surface area contributed by atoms with Gasteiger partial charge in [-0.05, 0) is 79.5 Å². The van der Waals surface area contributed by atoms with Crippen LogP contribution in [0.2, 0.25) is 0 Å². The van der Waals surface area contributed by atoms with Gasteiger partial charge in [0.15, 0.2) is 11.5 Å². The normalized spacial score (nSPS) is 14.2. The standard InChI is InChI=1S/C30H31N3O4/c1-36-28-10-8-21(19-27(28)34)9-11-29(35)32-26-7-3-5-23-14-17-33(30(23)26)20-22-4-2-6-25(18-22)37-24-12-15-31-16-13-24/h2-11,14,17-19,24,31,34H,12-13,15-16,20H2,1H3,(H,32,35)/b11-9+. The van der Waals surface area contributed by atoms with E-state index in [2.05, 4.69) is 33.4 Å². The zero-order chi connectivity index (χ0) is 25.6. The van der Waals surface area contributed by atoms with E-state index in [1.54, 1.807) is 24.3 Å². The number of phenols is 1. The minimum Gasteiger partial charge on any atom is -0.504 e. The average Bonchev–Trinajstić information content (AvgIpc) is 3.32. The van der Waals surface area contributed by atoms with Gasteiger partial charge < -0.3 is 29.8 Å². The molecule has 0 atom stereocenters. The number of para-hydroxylation sites is 1. The zero-order valence-electron chi connectivity index (χ0n) is 20.8. The number of piperidine rings is 1. The van der Waals surface area contributed by atoms with Crippen molar-refractivity contribution in [3.63, 3.8) is 0 Å². The Bertz CT molecular complexity index is 1420. The molecule has 3 N–H and O–H groups in total. The smallest absolute Gasteiger partial charge is 0.248 e. The van der Waals surface area contributed by atoms with Crippen LogP contribution in [0.15, 0.2) is 79.0 Å². The minimum atomic E-state index is -0.257. The lowest BCUT2D eigenvalue weighted by molar-refractivity contribution is -0.111. The molecule has 7 nitrogen and oxygen atoms in total. The van der Waals surface area contributed by atoms with Crippen LogP contribution in [0.1, 0.15) is 24.0 Å². The molecule has 1 aliphatic rings. The highest BCUT2D eigenvalue weighted by atomic mass is 16.5. The number of phenolic OH excluding ortho intramolecular Hbond substituents is 1. The highest BCUT2D eigenvalue weighted by Gasteiger charge is 2.15. The van der Waals surface area contributed by atoms with Crippen LogP contribution >= 0.6 is 0 Å². The van der Waals surface area contributed by atoms with Crippen molar-refractivity contribution in [3.05, 3.63) is 90.1 Å². The Morgan fingerprint density at radius 1 is 1.11 bits per heavy atom. The van der Waals surface area contributed by atoms with Crippen molar-refractivity contribution in [3.8, 4) is 17.2 Å². The number of aromatic hydroxyl groups is 1. The van der Waals surface area contributed by atoms with Gasteiger partial charge in [-0.1, -0.05) is 30.3 Å². The monoisotopic (exact) mass is 497 g/mol. The lowest BCUT2D eigenvalue weighted by atomic mass is 10.1. The molecule has 190 valence electrons. The fourth-order valence-corrected chi connectivity index (χ4v) is 4.67. The molecule has 1 fully saturated rings. The summed E-state index contributed by atoms with van der Waals surface area (Å²) < 4.78 is 13.4. The number of amides is 1. The van der Waals surface area contributed by atoms with Crippen molar-refractivity contribution in [1.82, 2.24) is 9.88 Å².